The highest BCUT2D eigenvalue weighted by molar-refractivity contribution is 5.71. The van der Waals surface area contributed by atoms with Crippen molar-refractivity contribution < 1.29 is 34.3 Å². The van der Waals surface area contributed by atoms with E-state index >= 15 is 0 Å². The van der Waals surface area contributed by atoms with Crippen molar-refractivity contribution in [3.05, 3.63) is 45.5 Å². The lowest BCUT2D eigenvalue weighted by Gasteiger charge is -2.30. The van der Waals surface area contributed by atoms with Crippen LogP contribution in [0.4, 0.5) is 0 Å². The number of phenols is 1. The molecular weight excluding hydrogens is 474 g/mol. The van der Waals surface area contributed by atoms with Gasteiger partial charge < -0.3 is 29.5 Å². The minimum absolute atomic E-state index is 0.0771. The molecule has 0 heterocycles. The molecule has 3 N–H and O–H groups in total. The molecule has 8 heteroatoms. The van der Waals surface area contributed by atoms with Crippen molar-refractivity contribution in [3.8, 4) is 23.0 Å². The number of aryl methyl sites for hydroxylation is 2. The van der Waals surface area contributed by atoms with Gasteiger partial charge in [0.25, 0.3) is 0 Å². The van der Waals surface area contributed by atoms with Crippen molar-refractivity contribution in [2.75, 3.05) is 26.3 Å². The number of aliphatic hydroxyl groups is 2. The summed E-state index contributed by atoms with van der Waals surface area (Å²) >= 11 is 0. The summed E-state index contributed by atoms with van der Waals surface area (Å²) in [5.41, 5.74) is 4.77. The van der Waals surface area contributed by atoms with E-state index in [-0.39, 0.29) is 31.0 Å². The van der Waals surface area contributed by atoms with Gasteiger partial charge in [0.15, 0.2) is 0 Å². The molecule has 0 aliphatic heterocycles. The molecule has 8 nitrogen and oxygen atoms in total. The van der Waals surface area contributed by atoms with Crippen molar-refractivity contribution in [1.29, 1.82) is 0 Å². The molecule has 2 unspecified atom stereocenters. The first-order chi connectivity index (χ1) is 17.2. The summed E-state index contributed by atoms with van der Waals surface area (Å²) in [5, 5.41) is 31.5. The molecule has 206 valence electrons. The summed E-state index contributed by atoms with van der Waals surface area (Å²) in [6.45, 7) is 17.3. The Morgan fingerprint density at radius 3 is 1.73 bits per heavy atom. The summed E-state index contributed by atoms with van der Waals surface area (Å²) in [6, 6.07) is 3.66. The lowest BCUT2D eigenvalue weighted by Crippen LogP contribution is -2.45. The van der Waals surface area contributed by atoms with E-state index in [4.69, 9.17) is 14.2 Å². The lowest BCUT2D eigenvalue weighted by atomic mass is 10.0. The van der Waals surface area contributed by atoms with E-state index in [0.717, 1.165) is 33.4 Å². The number of benzene rings is 2. The van der Waals surface area contributed by atoms with Crippen LogP contribution in [0.15, 0.2) is 12.1 Å². The number of carbonyl (C=O) groups excluding carboxylic acids is 1. The Bertz CT molecular complexity index is 1100. The maximum Gasteiger partial charge on any atom is 0.308 e. The van der Waals surface area contributed by atoms with Crippen LogP contribution >= 0.6 is 0 Å². The summed E-state index contributed by atoms with van der Waals surface area (Å²) < 4.78 is 17.1. The third-order valence-electron chi connectivity index (χ3n) is 6.72. The molecule has 0 spiro atoms. The zero-order valence-electron chi connectivity index (χ0n) is 23.6. The van der Waals surface area contributed by atoms with Crippen molar-refractivity contribution >= 4 is 5.97 Å². The van der Waals surface area contributed by atoms with E-state index in [9.17, 15) is 20.1 Å². The Kier molecular flexibility index (Phi) is 10.8. The van der Waals surface area contributed by atoms with Gasteiger partial charge in [0.05, 0.1) is 0 Å². The van der Waals surface area contributed by atoms with Crippen LogP contribution in [0, 0.1) is 41.5 Å². The zero-order valence-corrected chi connectivity index (χ0v) is 23.6. The molecule has 0 saturated heterocycles. The van der Waals surface area contributed by atoms with Crippen molar-refractivity contribution in [1.82, 2.24) is 4.90 Å². The third-order valence-corrected chi connectivity index (χ3v) is 6.72. The largest absolute Gasteiger partial charge is 0.507 e. The molecule has 2 rings (SSSR count). The number of carbonyl (C=O) groups is 1. The van der Waals surface area contributed by atoms with Crippen LogP contribution in [0.5, 0.6) is 23.0 Å². The summed E-state index contributed by atoms with van der Waals surface area (Å²) in [7, 11) is 0. The van der Waals surface area contributed by atoms with Crippen LogP contribution in [0.3, 0.4) is 0 Å². The van der Waals surface area contributed by atoms with Gasteiger partial charge in [-0.05, 0) is 101 Å². The smallest absolute Gasteiger partial charge is 0.308 e. The fourth-order valence-electron chi connectivity index (χ4n) is 4.17. The van der Waals surface area contributed by atoms with Gasteiger partial charge in [-0.3, -0.25) is 9.69 Å². The number of aliphatic hydroxyl groups excluding tert-OH is 2. The van der Waals surface area contributed by atoms with Gasteiger partial charge in [-0.25, -0.2) is 0 Å². The maximum atomic E-state index is 11.4. The number of ether oxygens (including phenoxy) is 3. The lowest BCUT2D eigenvalue weighted by molar-refractivity contribution is -0.131. The second kappa shape index (κ2) is 13.1. The van der Waals surface area contributed by atoms with E-state index in [1.807, 2.05) is 66.4 Å². The molecule has 0 fully saturated rings. The number of aromatic hydroxyl groups is 1. The average Bonchev–Trinajstić information content (AvgIpc) is 2.82. The first kappa shape index (κ1) is 30.4. The number of phenolic OH excluding ortho intramolecular Hbond substituents is 1. The van der Waals surface area contributed by atoms with Gasteiger partial charge in [-0.1, -0.05) is 0 Å². The Hall–Kier alpha value is -2.81. The zero-order chi connectivity index (χ0) is 28.0. The first-order valence-corrected chi connectivity index (χ1v) is 12.7. The topological polar surface area (TPSA) is 109 Å². The number of hydrogen-bond acceptors (Lipinski definition) is 8. The Morgan fingerprint density at radius 1 is 0.811 bits per heavy atom. The Morgan fingerprint density at radius 2 is 1.27 bits per heavy atom. The van der Waals surface area contributed by atoms with Crippen LogP contribution < -0.4 is 14.2 Å². The fraction of sp³-hybridized carbons (Fsp3) is 0.552. The number of nitrogens with zero attached hydrogens (tertiary/aromatic N) is 1. The van der Waals surface area contributed by atoms with Crippen LogP contribution in [0.25, 0.3) is 0 Å². The predicted octanol–water partition coefficient (Wildman–Crippen LogP) is 4.06. The number of rotatable bonds is 12. The van der Waals surface area contributed by atoms with Crippen LogP contribution in [0.2, 0.25) is 0 Å². The maximum absolute atomic E-state index is 11.4. The van der Waals surface area contributed by atoms with Crippen LogP contribution in [-0.4, -0.2) is 70.7 Å². The summed E-state index contributed by atoms with van der Waals surface area (Å²) in [5.74, 6) is 1.68. The van der Waals surface area contributed by atoms with E-state index in [1.54, 1.807) is 6.07 Å². The van der Waals surface area contributed by atoms with E-state index in [2.05, 4.69) is 0 Å². The quantitative estimate of drug-likeness (QED) is 0.286. The molecule has 37 heavy (non-hydrogen) atoms. The second-order valence-electron chi connectivity index (χ2n) is 10.1. The molecule has 0 radical (unpaired) electrons. The number of esters is 1. The molecular formula is C29H43NO7. The van der Waals surface area contributed by atoms with Gasteiger partial charge in [-0.15, -0.1) is 0 Å². The molecule has 0 aliphatic carbocycles. The number of hydrogen-bond donors (Lipinski definition) is 3. The molecule has 0 bridgehead atoms. The average molecular weight is 518 g/mol. The molecule has 2 atom stereocenters. The minimum Gasteiger partial charge on any atom is -0.507 e. The molecule has 0 aliphatic rings. The first-order valence-electron chi connectivity index (χ1n) is 12.7. The Balaban J connectivity index is 1.97. The molecule has 0 amide bonds. The summed E-state index contributed by atoms with van der Waals surface area (Å²) in [6.07, 6.45) is -1.56. The second-order valence-corrected chi connectivity index (χ2v) is 10.1. The fourth-order valence-corrected chi connectivity index (χ4v) is 4.17. The summed E-state index contributed by atoms with van der Waals surface area (Å²) in [4.78, 5) is 13.4. The standard InChI is InChI=1S/C29H43NO7/c1-16(2)30(12-24(32)14-35-26-10-17(3)28(34)21(7)19(26)5)13-25(33)15-36-27-11-18(4)29(37-23(9)31)22(8)20(27)6/h10-11,16,24-25,32-34H,12-15H2,1-9H3. The normalized spacial score (nSPS) is 13.1. The van der Waals surface area contributed by atoms with Crippen LogP contribution in [0.1, 0.15) is 54.2 Å². The van der Waals surface area contributed by atoms with Gasteiger partial charge in [0.1, 0.15) is 48.4 Å². The Labute approximate surface area is 220 Å². The van der Waals surface area contributed by atoms with Crippen LogP contribution in [-0.2, 0) is 4.79 Å². The SMILES string of the molecule is CC(=O)Oc1c(C)cc(OCC(O)CN(CC(O)COc2cc(C)c(O)c(C)c2C)C(C)C)c(C)c1C. The monoisotopic (exact) mass is 517 g/mol. The van der Waals surface area contributed by atoms with Gasteiger partial charge >= 0.3 is 5.97 Å². The van der Waals surface area contributed by atoms with E-state index in [1.165, 1.54) is 6.92 Å². The van der Waals surface area contributed by atoms with Crippen molar-refractivity contribution in [2.24, 2.45) is 0 Å². The molecule has 0 saturated carbocycles. The molecule has 0 aromatic heterocycles. The van der Waals surface area contributed by atoms with Gasteiger partial charge in [-0.2, -0.15) is 0 Å². The molecule has 2 aromatic carbocycles. The highest BCUT2D eigenvalue weighted by Gasteiger charge is 2.21. The van der Waals surface area contributed by atoms with Crippen molar-refractivity contribution in [2.45, 2.75) is 80.6 Å². The highest BCUT2D eigenvalue weighted by atomic mass is 16.5. The third kappa shape index (κ3) is 8.09. The van der Waals surface area contributed by atoms with E-state index in [0.29, 0.717) is 30.3 Å². The van der Waals surface area contributed by atoms with Gasteiger partial charge in [0, 0.05) is 26.1 Å². The highest BCUT2D eigenvalue weighted by Crippen LogP contribution is 2.34. The van der Waals surface area contributed by atoms with Crippen molar-refractivity contribution in [3.63, 3.8) is 0 Å². The minimum atomic E-state index is -0.784. The van der Waals surface area contributed by atoms with Gasteiger partial charge in [0.2, 0.25) is 0 Å². The molecule has 2 aromatic rings. The predicted molar refractivity (Wildman–Crippen MR) is 144 cm³/mol. The van der Waals surface area contributed by atoms with E-state index < -0.39 is 12.2 Å².